The monoisotopic (exact) mass is 269 g/mol. The number of aliphatic carboxylic acids is 1. The molecule has 0 amide bonds. The van der Waals surface area contributed by atoms with Crippen molar-refractivity contribution in [3.8, 4) is 0 Å². The Bertz CT molecular complexity index is 538. The first-order chi connectivity index (χ1) is 8.15. The van der Waals surface area contributed by atoms with Gasteiger partial charge in [0.1, 0.15) is 0 Å². The molecule has 17 heavy (non-hydrogen) atoms. The minimum absolute atomic E-state index is 0.233. The fraction of sp³-hybridized carbons (Fsp3) is 0.333. The molecule has 2 aromatic rings. The zero-order valence-corrected chi connectivity index (χ0v) is 10.7. The number of thiazole rings is 1. The molecule has 90 valence electrons. The molecule has 0 bridgehead atoms. The van der Waals surface area contributed by atoms with E-state index in [0.29, 0.717) is 11.4 Å². The van der Waals surface area contributed by atoms with Gasteiger partial charge < -0.3 is 5.11 Å². The standard InChI is InChI=1S/C12H12ClNO2S/c13-8-5-6-10-9(7-8)14-11(17-10)3-1-2-4-12(15)16/h5-7H,1-4H2,(H,15,16). The summed E-state index contributed by atoms with van der Waals surface area (Å²) >= 11 is 7.54. The van der Waals surface area contributed by atoms with E-state index >= 15 is 0 Å². The van der Waals surface area contributed by atoms with Gasteiger partial charge in [0.25, 0.3) is 0 Å². The Morgan fingerprint density at radius 3 is 3.00 bits per heavy atom. The average molecular weight is 270 g/mol. The minimum atomic E-state index is -0.735. The fourth-order valence-electron chi connectivity index (χ4n) is 1.61. The Balaban J connectivity index is 1.97. The zero-order chi connectivity index (χ0) is 12.3. The Morgan fingerprint density at radius 2 is 2.24 bits per heavy atom. The number of rotatable bonds is 5. The SMILES string of the molecule is O=C(O)CCCCc1nc2cc(Cl)ccc2s1. The molecule has 0 spiro atoms. The van der Waals surface area contributed by atoms with Gasteiger partial charge >= 0.3 is 5.97 Å². The fourth-order valence-corrected chi connectivity index (χ4v) is 2.76. The van der Waals surface area contributed by atoms with E-state index in [1.807, 2.05) is 18.2 Å². The molecule has 0 aliphatic rings. The van der Waals surface area contributed by atoms with Crippen LogP contribution in [0.1, 0.15) is 24.3 Å². The smallest absolute Gasteiger partial charge is 0.303 e. The van der Waals surface area contributed by atoms with Crippen LogP contribution >= 0.6 is 22.9 Å². The summed E-state index contributed by atoms with van der Waals surface area (Å²) in [6.07, 6.45) is 2.63. The normalized spacial score (nSPS) is 10.9. The van der Waals surface area contributed by atoms with Crippen LogP contribution in [0.3, 0.4) is 0 Å². The van der Waals surface area contributed by atoms with Gasteiger partial charge in [-0.25, -0.2) is 4.98 Å². The molecule has 2 rings (SSSR count). The van der Waals surface area contributed by atoms with Gasteiger partial charge in [0.15, 0.2) is 0 Å². The number of aryl methyl sites for hydroxylation is 1. The van der Waals surface area contributed by atoms with E-state index in [4.69, 9.17) is 16.7 Å². The molecule has 1 aromatic heterocycles. The van der Waals surface area contributed by atoms with Crippen molar-refractivity contribution in [2.45, 2.75) is 25.7 Å². The maximum absolute atomic E-state index is 10.4. The van der Waals surface area contributed by atoms with Gasteiger partial charge in [-0.3, -0.25) is 4.79 Å². The minimum Gasteiger partial charge on any atom is -0.481 e. The predicted molar refractivity (Wildman–Crippen MR) is 69.8 cm³/mol. The highest BCUT2D eigenvalue weighted by molar-refractivity contribution is 7.18. The third kappa shape index (κ3) is 3.41. The van der Waals surface area contributed by atoms with Crippen LogP contribution in [0.2, 0.25) is 5.02 Å². The summed E-state index contributed by atoms with van der Waals surface area (Å²) in [4.78, 5) is 14.8. The van der Waals surface area contributed by atoms with Crippen molar-refractivity contribution in [3.63, 3.8) is 0 Å². The zero-order valence-electron chi connectivity index (χ0n) is 9.15. The molecule has 0 aliphatic carbocycles. The van der Waals surface area contributed by atoms with Crippen LogP contribution in [0.25, 0.3) is 10.2 Å². The molecule has 3 nitrogen and oxygen atoms in total. The molecule has 0 saturated heterocycles. The summed E-state index contributed by atoms with van der Waals surface area (Å²) in [5.74, 6) is -0.735. The van der Waals surface area contributed by atoms with Crippen molar-refractivity contribution in [2.24, 2.45) is 0 Å². The summed E-state index contributed by atoms with van der Waals surface area (Å²) in [5, 5.41) is 10.3. The summed E-state index contributed by atoms with van der Waals surface area (Å²) in [5.41, 5.74) is 0.927. The van der Waals surface area contributed by atoms with Gasteiger partial charge in [0.2, 0.25) is 0 Å². The van der Waals surface area contributed by atoms with E-state index in [2.05, 4.69) is 4.98 Å². The molecule has 5 heteroatoms. The second-order valence-corrected chi connectivity index (χ2v) is 5.37. The third-order valence-electron chi connectivity index (χ3n) is 2.43. The Labute approximate surface area is 108 Å². The van der Waals surface area contributed by atoms with Gasteiger partial charge in [-0.2, -0.15) is 0 Å². The van der Waals surface area contributed by atoms with Crippen LogP contribution in [0, 0.1) is 0 Å². The number of hydrogen-bond acceptors (Lipinski definition) is 3. The number of fused-ring (bicyclic) bond motifs is 1. The summed E-state index contributed by atoms with van der Waals surface area (Å²) in [6, 6.07) is 5.68. The number of benzene rings is 1. The molecule has 1 N–H and O–H groups in total. The quantitative estimate of drug-likeness (QED) is 0.841. The molecule has 0 radical (unpaired) electrons. The highest BCUT2D eigenvalue weighted by Crippen LogP contribution is 2.25. The first kappa shape index (κ1) is 12.3. The lowest BCUT2D eigenvalue weighted by Gasteiger charge is -1.94. The van der Waals surface area contributed by atoms with Crippen molar-refractivity contribution >= 4 is 39.1 Å². The predicted octanol–water partition coefficient (Wildman–Crippen LogP) is 3.75. The number of halogens is 1. The van der Waals surface area contributed by atoms with Gasteiger partial charge in [0, 0.05) is 11.4 Å². The van der Waals surface area contributed by atoms with E-state index in [-0.39, 0.29) is 6.42 Å². The van der Waals surface area contributed by atoms with E-state index in [0.717, 1.165) is 28.1 Å². The van der Waals surface area contributed by atoms with Crippen molar-refractivity contribution in [1.82, 2.24) is 4.98 Å². The van der Waals surface area contributed by atoms with Gasteiger partial charge in [0.05, 0.1) is 15.2 Å². The first-order valence-electron chi connectivity index (χ1n) is 5.42. The topological polar surface area (TPSA) is 50.2 Å². The first-order valence-corrected chi connectivity index (χ1v) is 6.61. The van der Waals surface area contributed by atoms with Crippen molar-refractivity contribution < 1.29 is 9.90 Å². The maximum Gasteiger partial charge on any atom is 0.303 e. The largest absolute Gasteiger partial charge is 0.481 e. The summed E-state index contributed by atoms with van der Waals surface area (Å²) in [6.45, 7) is 0. The number of carboxylic acids is 1. The number of hydrogen-bond donors (Lipinski definition) is 1. The Kier molecular flexibility index (Phi) is 3.97. The lowest BCUT2D eigenvalue weighted by molar-refractivity contribution is -0.137. The van der Waals surface area contributed by atoms with E-state index < -0.39 is 5.97 Å². The Morgan fingerprint density at radius 1 is 1.41 bits per heavy atom. The van der Waals surface area contributed by atoms with Crippen molar-refractivity contribution in [3.05, 3.63) is 28.2 Å². The number of aromatic nitrogens is 1. The second-order valence-electron chi connectivity index (χ2n) is 3.82. The van der Waals surface area contributed by atoms with Crippen LogP contribution in [0.5, 0.6) is 0 Å². The number of unbranched alkanes of at least 4 members (excludes halogenated alkanes) is 1. The van der Waals surface area contributed by atoms with Crippen LogP contribution in [0.15, 0.2) is 18.2 Å². The molecule has 0 unspecified atom stereocenters. The second kappa shape index (κ2) is 5.47. The highest BCUT2D eigenvalue weighted by atomic mass is 35.5. The van der Waals surface area contributed by atoms with Crippen LogP contribution < -0.4 is 0 Å². The van der Waals surface area contributed by atoms with E-state index in [1.165, 1.54) is 0 Å². The molecular formula is C12H12ClNO2S. The third-order valence-corrected chi connectivity index (χ3v) is 3.76. The van der Waals surface area contributed by atoms with Crippen LogP contribution in [0.4, 0.5) is 0 Å². The summed E-state index contributed by atoms with van der Waals surface area (Å²) in [7, 11) is 0. The van der Waals surface area contributed by atoms with Crippen LogP contribution in [-0.4, -0.2) is 16.1 Å². The molecule has 1 heterocycles. The molecule has 0 atom stereocenters. The average Bonchev–Trinajstić information content (AvgIpc) is 2.66. The van der Waals surface area contributed by atoms with Crippen LogP contribution in [-0.2, 0) is 11.2 Å². The lowest BCUT2D eigenvalue weighted by Crippen LogP contribution is -1.94. The van der Waals surface area contributed by atoms with Crippen molar-refractivity contribution in [2.75, 3.05) is 0 Å². The molecule has 0 fully saturated rings. The lowest BCUT2D eigenvalue weighted by atomic mass is 10.2. The maximum atomic E-state index is 10.4. The van der Waals surface area contributed by atoms with E-state index in [1.54, 1.807) is 11.3 Å². The number of carbonyl (C=O) groups is 1. The number of carboxylic acid groups (broad SMARTS) is 1. The summed E-state index contributed by atoms with van der Waals surface area (Å²) < 4.78 is 1.13. The molecule has 0 aliphatic heterocycles. The Hall–Kier alpha value is -1.13. The number of nitrogens with zero attached hydrogens (tertiary/aromatic N) is 1. The van der Waals surface area contributed by atoms with Crippen molar-refractivity contribution in [1.29, 1.82) is 0 Å². The molecule has 0 saturated carbocycles. The van der Waals surface area contributed by atoms with Gasteiger partial charge in [-0.1, -0.05) is 11.6 Å². The van der Waals surface area contributed by atoms with Gasteiger partial charge in [-0.05, 0) is 37.5 Å². The van der Waals surface area contributed by atoms with Gasteiger partial charge in [-0.15, -0.1) is 11.3 Å². The highest BCUT2D eigenvalue weighted by Gasteiger charge is 2.04. The molecule has 1 aromatic carbocycles. The molecular weight excluding hydrogens is 258 g/mol. The van der Waals surface area contributed by atoms with E-state index in [9.17, 15) is 4.79 Å².